The largest absolute Gasteiger partial charge is 0.394 e. The second kappa shape index (κ2) is 4.49. The van der Waals surface area contributed by atoms with Gasteiger partial charge in [-0.05, 0) is 25.7 Å². The van der Waals surface area contributed by atoms with E-state index < -0.39 is 0 Å². The molecular weight excluding hydrogens is 216 g/mol. The third-order valence-electron chi connectivity index (χ3n) is 3.46. The molecule has 1 saturated heterocycles. The molecule has 0 spiro atoms. The van der Waals surface area contributed by atoms with Gasteiger partial charge in [-0.2, -0.15) is 0 Å². The minimum Gasteiger partial charge on any atom is -0.394 e. The summed E-state index contributed by atoms with van der Waals surface area (Å²) in [6.45, 7) is 1.18. The third kappa shape index (κ3) is 2.34. The first-order chi connectivity index (χ1) is 8.36. The van der Waals surface area contributed by atoms with Crippen LogP contribution in [0.3, 0.4) is 0 Å². The Hall–Kier alpha value is -1.36. The summed E-state index contributed by atoms with van der Waals surface area (Å²) >= 11 is 0. The van der Waals surface area contributed by atoms with Crippen LogP contribution in [0.4, 0.5) is 11.6 Å². The maximum Gasteiger partial charge on any atom is 0.134 e. The molecule has 0 radical (unpaired) electrons. The van der Waals surface area contributed by atoms with Crippen LogP contribution in [0, 0.1) is 0 Å². The summed E-state index contributed by atoms with van der Waals surface area (Å²) in [6.07, 6.45) is 6.25. The Balaban J connectivity index is 1.76. The Kier molecular flexibility index (Phi) is 2.84. The van der Waals surface area contributed by atoms with E-state index >= 15 is 0 Å². The predicted octanol–water partition coefficient (Wildman–Crippen LogP) is 1.01. The monoisotopic (exact) mass is 234 g/mol. The summed E-state index contributed by atoms with van der Waals surface area (Å²) in [5.41, 5.74) is 0. The zero-order valence-corrected chi connectivity index (χ0v) is 9.84. The Labute approximate surface area is 101 Å². The Morgan fingerprint density at radius 1 is 1.35 bits per heavy atom. The van der Waals surface area contributed by atoms with Gasteiger partial charge in [-0.25, -0.2) is 9.97 Å². The number of hydrogen-bond donors (Lipinski definition) is 2. The summed E-state index contributed by atoms with van der Waals surface area (Å²) in [5.74, 6) is 1.83. The van der Waals surface area contributed by atoms with Crippen LogP contribution in [0.1, 0.15) is 25.7 Å². The molecule has 92 valence electrons. The second-order valence-corrected chi connectivity index (χ2v) is 4.85. The van der Waals surface area contributed by atoms with Crippen molar-refractivity contribution in [3.05, 3.63) is 12.4 Å². The van der Waals surface area contributed by atoms with E-state index in [1.54, 1.807) is 6.33 Å². The van der Waals surface area contributed by atoms with Gasteiger partial charge in [-0.15, -0.1) is 0 Å². The van der Waals surface area contributed by atoms with Gasteiger partial charge in [-0.1, -0.05) is 0 Å². The van der Waals surface area contributed by atoms with Crippen molar-refractivity contribution in [2.45, 2.75) is 37.8 Å². The number of anilines is 2. The van der Waals surface area contributed by atoms with Gasteiger partial charge >= 0.3 is 0 Å². The molecule has 5 heteroatoms. The van der Waals surface area contributed by atoms with E-state index in [9.17, 15) is 5.11 Å². The van der Waals surface area contributed by atoms with Crippen LogP contribution in [0.15, 0.2) is 12.4 Å². The second-order valence-electron chi connectivity index (χ2n) is 4.85. The molecule has 0 amide bonds. The van der Waals surface area contributed by atoms with Gasteiger partial charge in [-0.3, -0.25) is 0 Å². The molecule has 2 aliphatic rings. The zero-order valence-electron chi connectivity index (χ0n) is 9.84. The highest BCUT2D eigenvalue weighted by Gasteiger charge is 2.26. The molecule has 2 fully saturated rings. The van der Waals surface area contributed by atoms with Gasteiger partial charge in [0.05, 0.1) is 12.6 Å². The molecule has 2 heterocycles. The van der Waals surface area contributed by atoms with Crippen molar-refractivity contribution in [2.24, 2.45) is 0 Å². The maximum atomic E-state index is 9.32. The first-order valence-electron chi connectivity index (χ1n) is 6.33. The summed E-state index contributed by atoms with van der Waals surface area (Å²) in [4.78, 5) is 10.7. The van der Waals surface area contributed by atoms with Crippen LogP contribution >= 0.6 is 0 Å². The molecule has 1 atom stereocenters. The molecule has 1 saturated carbocycles. The van der Waals surface area contributed by atoms with Crippen LogP contribution in [0.2, 0.25) is 0 Å². The van der Waals surface area contributed by atoms with E-state index in [4.69, 9.17) is 0 Å². The molecule has 1 unspecified atom stereocenters. The van der Waals surface area contributed by atoms with Gasteiger partial charge < -0.3 is 15.3 Å². The van der Waals surface area contributed by atoms with E-state index in [-0.39, 0.29) is 12.6 Å². The lowest BCUT2D eigenvalue weighted by atomic mass is 10.2. The summed E-state index contributed by atoms with van der Waals surface area (Å²) in [5, 5.41) is 12.7. The number of aliphatic hydroxyl groups excluding tert-OH is 1. The molecule has 0 bridgehead atoms. The number of aliphatic hydroxyl groups is 1. The quantitative estimate of drug-likeness (QED) is 0.814. The molecule has 1 aromatic rings. The molecule has 1 aliphatic carbocycles. The van der Waals surface area contributed by atoms with Crippen LogP contribution in [-0.2, 0) is 0 Å². The fraction of sp³-hybridized carbons (Fsp3) is 0.667. The first kappa shape index (κ1) is 10.8. The van der Waals surface area contributed by atoms with Crippen molar-refractivity contribution in [1.29, 1.82) is 0 Å². The Morgan fingerprint density at radius 2 is 2.24 bits per heavy atom. The summed E-state index contributed by atoms with van der Waals surface area (Å²) in [7, 11) is 0. The third-order valence-corrected chi connectivity index (χ3v) is 3.46. The lowest BCUT2D eigenvalue weighted by Crippen LogP contribution is -2.32. The lowest BCUT2D eigenvalue weighted by Gasteiger charge is -2.24. The van der Waals surface area contributed by atoms with Crippen molar-refractivity contribution in [3.63, 3.8) is 0 Å². The van der Waals surface area contributed by atoms with Crippen molar-refractivity contribution < 1.29 is 5.11 Å². The Bertz CT molecular complexity index is 394. The minimum absolute atomic E-state index is 0.204. The van der Waals surface area contributed by atoms with Crippen molar-refractivity contribution >= 4 is 11.6 Å². The molecule has 0 aromatic carbocycles. The average Bonchev–Trinajstić information content (AvgIpc) is 3.04. The molecule has 1 aliphatic heterocycles. The normalized spacial score (nSPS) is 24.1. The molecular formula is C12H18N4O. The van der Waals surface area contributed by atoms with Gasteiger partial charge in [0.1, 0.15) is 18.0 Å². The van der Waals surface area contributed by atoms with E-state index in [0.717, 1.165) is 31.0 Å². The zero-order chi connectivity index (χ0) is 11.7. The molecule has 17 heavy (non-hydrogen) atoms. The highest BCUT2D eigenvalue weighted by atomic mass is 16.3. The standard InChI is InChI=1S/C12H18N4O/c17-7-10-2-1-5-16(10)12-6-11(13-8-14-12)15-9-3-4-9/h6,8-10,17H,1-5,7H2,(H,13,14,15). The molecule has 2 N–H and O–H groups in total. The number of aromatic nitrogens is 2. The number of rotatable bonds is 4. The SMILES string of the molecule is OCC1CCCN1c1cc(NC2CC2)ncn1. The molecule has 3 rings (SSSR count). The molecule has 5 nitrogen and oxygen atoms in total. The molecule has 1 aromatic heterocycles. The van der Waals surface area contributed by atoms with Crippen LogP contribution in [-0.4, -0.2) is 40.3 Å². The first-order valence-corrected chi connectivity index (χ1v) is 6.33. The topological polar surface area (TPSA) is 61.3 Å². The van der Waals surface area contributed by atoms with E-state index in [0.29, 0.717) is 6.04 Å². The fourth-order valence-corrected chi connectivity index (χ4v) is 2.35. The van der Waals surface area contributed by atoms with Crippen molar-refractivity contribution in [3.8, 4) is 0 Å². The maximum absolute atomic E-state index is 9.32. The van der Waals surface area contributed by atoms with Gasteiger partial charge in [0.2, 0.25) is 0 Å². The summed E-state index contributed by atoms with van der Waals surface area (Å²) < 4.78 is 0. The lowest BCUT2D eigenvalue weighted by molar-refractivity contribution is 0.266. The van der Waals surface area contributed by atoms with Crippen LogP contribution in [0.25, 0.3) is 0 Å². The van der Waals surface area contributed by atoms with E-state index in [1.165, 1.54) is 12.8 Å². The number of nitrogens with zero attached hydrogens (tertiary/aromatic N) is 3. The number of nitrogens with one attached hydrogen (secondary N) is 1. The highest BCUT2D eigenvalue weighted by molar-refractivity contribution is 5.50. The minimum atomic E-state index is 0.204. The Morgan fingerprint density at radius 3 is 3.00 bits per heavy atom. The fourth-order valence-electron chi connectivity index (χ4n) is 2.35. The van der Waals surface area contributed by atoms with Crippen molar-refractivity contribution in [1.82, 2.24) is 9.97 Å². The number of hydrogen-bond acceptors (Lipinski definition) is 5. The van der Waals surface area contributed by atoms with Gasteiger partial charge in [0.15, 0.2) is 0 Å². The van der Waals surface area contributed by atoms with Crippen LogP contribution in [0.5, 0.6) is 0 Å². The van der Waals surface area contributed by atoms with Gasteiger partial charge in [0.25, 0.3) is 0 Å². The highest BCUT2D eigenvalue weighted by Crippen LogP contribution is 2.27. The smallest absolute Gasteiger partial charge is 0.134 e. The van der Waals surface area contributed by atoms with Crippen LogP contribution < -0.4 is 10.2 Å². The van der Waals surface area contributed by atoms with E-state index in [1.807, 2.05) is 6.07 Å². The predicted molar refractivity (Wildman–Crippen MR) is 66.1 cm³/mol. The average molecular weight is 234 g/mol. The van der Waals surface area contributed by atoms with E-state index in [2.05, 4.69) is 20.2 Å². The van der Waals surface area contributed by atoms with Crippen molar-refractivity contribution in [2.75, 3.05) is 23.4 Å². The van der Waals surface area contributed by atoms with Gasteiger partial charge in [0, 0.05) is 18.7 Å². The summed E-state index contributed by atoms with van der Waals surface area (Å²) in [6, 6.07) is 2.82.